The molecule has 0 aromatic carbocycles. The summed E-state index contributed by atoms with van der Waals surface area (Å²) < 4.78 is 24.7. The zero-order valence-corrected chi connectivity index (χ0v) is 7.70. The molecule has 1 rings (SSSR count). The zero-order valence-electron chi connectivity index (χ0n) is 6.95. The van der Waals surface area contributed by atoms with Gasteiger partial charge in [-0.1, -0.05) is 0 Å². The summed E-state index contributed by atoms with van der Waals surface area (Å²) >= 11 is 5.31. The molecule has 0 amide bonds. The van der Waals surface area contributed by atoms with Gasteiger partial charge in [-0.15, -0.1) is 0 Å². The fourth-order valence-corrected chi connectivity index (χ4v) is 1.18. The number of aromatic nitrogens is 1. The number of nitro groups is 1. The van der Waals surface area contributed by atoms with Crippen LogP contribution in [0.15, 0.2) is 6.07 Å². The SMILES string of the molecule is N#Cc1cc([N+](=O)[O-])nc(Cl)c1C(F)F. The van der Waals surface area contributed by atoms with Crippen molar-refractivity contribution in [1.82, 2.24) is 4.98 Å². The summed E-state index contributed by atoms with van der Waals surface area (Å²) in [5.41, 5.74) is -1.33. The van der Waals surface area contributed by atoms with E-state index in [-0.39, 0.29) is 0 Å². The van der Waals surface area contributed by atoms with E-state index in [0.29, 0.717) is 6.07 Å². The molecule has 0 N–H and O–H groups in total. The molecule has 0 unspecified atom stereocenters. The standard InChI is InChI=1S/C7H2ClF2N3O2/c8-6-5(7(9)10)3(2-11)1-4(12-6)13(14)15/h1,7H. The molecule has 0 fully saturated rings. The molecule has 78 valence electrons. The molecule has 0 atom stereocenters. The van der Waals surface area contributed by atoms with E-state index in [2.05, 4.69) is 4.98 Å². The first kappa shape index (κ1) is 11.3. The fraction of sp³-hybridized carbons (Fsp3) is 0.143. The first-order valence-corrected chi connectivity index (χ1v) is 3.88. The van der Waals surface area contributed by atoms with E-state index in [0.717, 1.165) is 0 Å². The minimum absolute atomic E-state index is 0.545. The molecule has 0 bridgehead atoms. The highest BCUT2D eigenvalue weighted by molar-refractivity contribution is 6.30. The van der Waals surface area contributed by atoms with Gasteiger partial charge in [-0.25, -0.2) is 8.78 Å². The third-order valence-electron chi connectivity index (χ3n) is 1.52. The predicted molar refractivity (Wildman–Crippen MR) is 45.6 cm³/mol. The highest BCUT2D eigenvalue weighted by Gasteiger charge is 2.25. The number of nitriles is 1. The summed E-state index contributed by atoms with van der Waals surface area (Å²) in [5.74, 6) is -0.735. The Labute approximate surface area is 87.1 Å². The Balaban J connectivity index is 3.46. The van der Waals surface area contributed by atoms with Crippen LogP contribution < -0.4 is 0 Å². The molecule has 0 radical (unpaired) electrons. The van der Waals surface area contributed by atoms with Crippen LogP contribution in [0.2, 0.25) is 5.15 Å². The van der Waals surface area contributed by atoms with Gasteiger partial charge in [-0.05, 0) is 21.5 Å². The number of rotatable bonds is 2. The van der Waals surface area contributed by atoms with Crippen molar-refractivity contribution in [2.45, 2.75) is 6.43 Å². The Morgan fingerprint density at radius 2 is 2.27 bits per heavy atom. The van der Waals surface area contributed by atoms with Gasteiger partial charge in [0.15, 0.2) is 0 Å². The van der Waals surface area contributed by atoms with Crippen molar-refractivity contribution in [2.75, 3.05) is 0 Å². The van der Waals surface area contributed by atoms with E-state index < -0.39 is 33.4 Å². The molecule has 1 heterocycles. The minimum Gasteiger partial charge on any atom is -0.358 e. The molecule has 0 aliphatic carbocycles. The van der Waals surface area contributed by atoms with E-state index in [1.165, 1.54) is 6.07 Å². The van der Waals surface area contributed by atoms with Crippen LogP contribution in [0.25, 0.3) is 0 Å². The summed E-state index contributed by atoms with van der Waals surface area (Å²) in [6, 6.07) is 2.06. The molecule has 5 nitrogen and oxygen atoms in total. The van der Waals surface area contributed by atoms with Crippen molar-refractivity contribution in [3.8, 4) is 6.07 Å². The average Bonchev–Trinajstić information content (AvgIpc) is 2.15. The minimum atomic E-state index is -3.00. The predicted octanol–water partition coefficient (Wildman–Crippen LogP) is 2.45. The highest BCUT2D eigenvalue weighted by atomic mass is 35.5. The van der Waals surface area contributed by atoms with Gasteiger partial charge in [0.25, 0.3) is 11.6 Å². The van der Waals surface area contributed by atoms with Gasteiger partial charge >= 0.3 is 5.82 Å². The maximum Gasteiger partial charge on any atom is 0.366 e. The van der Waals surface area contributed by atoms with Crippen LogP contribution in [-0.2, 0) is 0 Å². The van der Waals surface area contributed by atoms with Gasteiger partial charge < -0.3 is 10.1 Å². The van der Waals surface area contributed by atoms with Crippen molar-refractivity contribution in [2.24, 2.45) is 0 Å². The lowest BCUT2D eigenvalue weighted by atomic mass is 10.1. The fourth-order valence-electron chi connectivity index (χ4n) is 0.905. The van der Waals surface area contributed by atoms with Crippen LogP contribution >= 0.6 is 11.6 Å². The van der Waals surface area contributed by atoms with Crippen molar-refractivity contribution < 1.29 is 13.7 Å². The van der Waals surface area contributed by atoms with Gasteiger partial charge in [0, 0.05) is 0 Å². The van der Waals surface area contributed by atoms with Crippen molar-refractivity contribution >= 4 is 17.4 Å². The van der Waals surface area contributed by atoms with Crippen LogP contribution in [-0.4, -0.2) is 9.91 Å². The Hall–Kier alpha value is -1.81. The van der Waals surface area contributed by atoms with Crippen molar-refractivity contribution in [1.29, 1.82) is 5.26 Å². The molecule has 0 saturated heterocycles. The van der Waals surface area contributed by atoms with Gasteiger partial charge in [0.1, 0.15) is 6.07 Å². The molecule has 0 spiro atoms. The lowest BCUT2D eigenvalue weighted by Gasteiger charge is -2.01. The summed E-state index contributed by atoms with van der Waals surface area (Å²) in [4.78, 5) is 12.5. The van der Waals surface area contributed by atoms with Crippen LogP contribution in [0.1, 0.15) is 17.6 Å². The Morgan fingerprint density at radius 3 is 2.67 bits per heavy atom. The second kappa shape index (κ2) is 4.14. The topological polar surface area (TPSA) is 79.8 Å². The molecule has 0 aliphatic heterocycles. The molecular weight excluding hydrogens is 232 g/mol. The number of hydrogen-bond donors (Lipinski definition) is 0. The van der Waals surface area contributed by atoms with E-state index in [1.807, 2.05) is 0 Å². The van der Waals surface area contributed by atoms with E-state index >= 15 is 0 Å². The summed E-state index contributed by atoms with van der Waals surface area (Å²) in [5, 5.41) is 18.1. The quantitative estimate of drug-likeness (QED) is 0.446. The number of hydrogen-bond acceptors (Lipinski definition) is 4. The Kier molecular flexibility index (Phi) is 3.11. The van der Waals surface area contributed by atoms with Crippen LogP contribution in [0.3, 0.4) is 0 Å². The average molecular weight is 234 g/mol. The van der Waals surface area contributed by atoms with E-state index in [4.69, 9.17) is 16.9 Å². The van der Waals surface area contributed by atoms with E-state index in [9.17, 15) is 18.9 Å². The van der Waals surface area contributed by atoms with Crippen LogP contribution in [0.5, 0.6) is 0 Å². The summed E-state index contributed by atoms with van der Waals surface area (Å²) in [6.07, 6.45) is -3.00. The third-order valence-corrected chi connectivity index (χ3v) is 1.81. The third kappa shape index (κ3) is 2.16. The van der Waals surface area contributed by atoms with E-state index in [1.54, 1.807) is 0 Å². The Morgan fingerprint density at radius 1 is 1.67 bits per heavy atom. The number of pyridine rings is 1. The molecular formula is C7H2ClF2N3O2. The second-order valence-electron chi connectivity index (χ2n) is 2.40. The second-order valence-corrected chi connectivity index (χ2v) is 2.76. The maximum absolute atomic E-state index is 12.4. The zero-order chi connectivity index (χ0) is 11.6. The molecule has 0 saturated carbocycles. The number of alkyl halides is 2. The van der Waals surface area contributed by atoms with Crippen LogP contribution in [0, 0.1) is 21.4 Å². The van der Waals surface area contributed by atoms with Crippen LogP contribution in [0.4, 0.5) is 14.6 Å². The lowest BCUT2D eigenvalue weighted by Crippen LogP contribution is -1.99. The van der Waals surface area contributed by atoms with Gasteiger partial charge in [0.05, 0.1) is 17.2 Å². The lowest BCUT2D eigenvalue weighted by molar-refractivity contribution is -0.389. The molecule has 1 aromatic heterocycles. The van der Waals surface area contributed by atoms with Gasteiger partial charge in [0.2, 0.25) is 0 Å². The van der Waals surface area contributed by atoms with Gasteiger partial charge in [-0.3, -0.25) is 0 Å². The van der Waals surface area contributed by atoms with Gasteiger partial charge in [-0.2, -0.15) is 5.26 Å². The Bertz CT molecular complexity index is 458. The maximum atomic E-state index is 12.4. The molecule has 15 heavy (non-hydrogen) atoms. The molecule has 8 heteroatoms. The normalized spacial score (nSPS) is 10.1. The summed E-state index contributed by atoms with van der Waals surface area (Å²) in [6.45, 7) is 0. The van der Waals surface area contributed by atoms with Crippen molar-refractivity contribution in [3.63, 3.8) is 0 Å². The number of halogens is 3. The summed E-state index contributed by atoms with van der Waals surface area (Å²) in [7, 11) is 0. The van der Waals surface area contributed by atoms with Crippen molar-refractivity contribution in [3.05, 3.63) is 32.5 Å². The first-order valence-electron chi connectivity index (χ1n) is 3.50. The molecule has 0 aliphatic rings. The smallest absolute Gasteiger partial charge is 0.358 e. The highest BCUT2D eigenvalue weighted by Crippen LogP contribution is 2.30. The largest absolute Gasteiger partial charge is 0.366 e. The first-order chi connectivity index (χ1) is 6.97. The number of nitrogens with zero attached hydrogens (tertiary/aromatic N) is 3. The monoisotopic (exact) mass is 233 g/mol. The molecule has 1 aromatic rings.